The van der Waals surface area contributed by atoms with E-state index >= 15 is 0 Å². The number of hydrogen-bond acceptors (Lipinski definition) is 11. The lowest BCUT2D eigenvalue weighted by Gasteiger charge is -2.35. The van der Waals surface area contributed by atoms with Crippen molar-refractivity contribution in [2.45, 2.75) is 95.9 Å². The summed E-state index contributed by atoms with van der Waals surface area (Å²) in [5.41, 5.74) is 2.00. The Morgan fingerprint density at radius 1 is 0.887 bits per heavy atom. The number of fused-ring (bicyclic) bond motifs is 2. The number of nitrogens with one attached hydrogen (secondary N) is 2. The molecule has 0 spiro atoms. The van der Waals surface area contributed by atoms with E-state index in [9.17, 15) is 36.9 Å². The molecule has 330 valence electrons. The number of carbonyl (C=O) groups excluding carboxylic acids is 5. The van der Waals surface area contributed by atoms with Gasteiger partial charge in [0.05, 0.1) is 16.5 Å². The van der Waals surface area contributed by atoms with Gasteiger partial charge in [0.1, 0.15) is 16.7 Å². The third-order valence-corrected chi connectivity index (χ3v) is 13.8. The molecular weight excluding hydrogens is 851 g/mol. The van der Waals surface area contributed by atoms with Crippen molar-refractivity contribution in [3.8, 4) is 0 Å². The molecule has 0 saturated carbocycles. The highest BCUT2D eigenvalue weighted by molar-refractivity contribution is 8.03. The Bertz CT molecular complexity index is 2410. The molecule has 17 heteroatoms. The van der Waals surface area contributed by atoms with Crippen LogP contribution in [-0.4, -0.2) is 73.0 Å². The Labute approximate surface area is 370 Å². The highest BCUT2D eigenvalue weighted by atomic mass is 32.2. The van der Waals surface area contributed by atoms with Crippen molar-refractivity contribution in [3.63, 3.8) is 0 Å². The minimum Gasteiger partial charge on any atom is -0.355 e. The number of hydrogen-bond donors (Lipinski definition) is 3. The van der Waals surface area contributed by atoms with Gasteiger partial charge in [0.15, 0.2) is 0 Å². The van der Waals surface area contributed by atoms with E-state index in [1.807, 2.05) is 54.6 Å². The number of rotatable bonds is 20. The van der Waals surface area contributed by atoms with Gasteiger partial charge in [-0.05, 0) is 67.5 Å². The van der Waals surface area contributed by atoms with E-state index < -0.39 is 57.4 Å². The van der Waals surface area contributed by atoms with Gasteiger partial charge < -0.3 is 20.4 Å². The molecule has 6 rings (SSSR count). The zero-order chi connectivity index (χ0) is 44.3. The molecule has 1 saturated heterocycles. The maximum atomic E-state index is 14.5. The summed E-state index contributed by atoms with van der Waals surface area (Å²) >= 11 is 3.31. The number of nitrogens with zero attached hydrogens (tertiary/aromatic N) is 3. The van der Waals surface area contributed by atoms with Crippen LogP contribution >= 0.6 is 23.1 Å². The molecular formula is C45H54N5O9S3+. The van der Waals surface area contributed by atoms with E-state index in [1.165, 1.54) is 0 Å². The van der Waals surface area contributed by atoms with Crippen molar-refractivity contribution >= 4 is 84.8 Å². The fourth-order valence-corrected chi connectivity index (χ4v) is 10.2. The van der Waals surface area contributed by atoms with Gasteiger partial charge in [0.25, 0.3) is 26.9 Å². The zero-order valence-corrected chi connectivity index (χ0v) is 37.5. The quantitative estimate of drug-likeness (QED) is 0.0357. The van der Waals surface area contributed by atoms with Gasteiger partial charge >= 0.3 is 5.97 Å². The predicted molar refractivity (Wildman–Crippen MR) is 240 cm³/mol. The van der Waals surface area contributed by atoms with Crippen LogP contribution in [0.3, 0.4) is 0 Å². The van der Waals surface area contributed by atoms with E-state index in [-0.39, 0.29) is 38.6 Å². The molecule has 4 amide bonds. The molecule has 2 aromatic carbocycles. The Kier molecular flexibility index (Phi) is 16.0. The summed E-state index contributed by atoms with van der Waals surface area (Å²) in [4.78, 5) is 73.2. The fraction of sp³-hybridized carbons (Fsp3) is 0.422. The number of carbonyl (C=O) groups is 5. The van der Waals surface area contributed by atoms with Gasteiger partial charge in [-0.25, -0.2) is 4.79 Å². The fourth-order valence-electron chi connectivity index (χ4n) is 7.66. The van der Waals surface area contributed by atoms with Crippen LogP contribution in [0.15, 0.2) is 93.9 Å². The highest BCUT2D eigenvalue weighted by Gasteiger charge is 2.48. The molecule has 62 heavy (non-hydrogen) atoms. The molecule has 2 aliphatic heterocycles. The Morgan fingerprint density at radius 3 is 2.35 bits per heavy atom. The molecule has 1 aliphatic carbocycles. The van der Waals surface area contributed by atoms with Crippen LogP contribution in [0, 0.1) is 5.41 Å². The van der Waals surface area contributed by atoms with Crippen LogP contribution in [0.1, 0.15) is 89.5 Å². The minimum atomic E-state index is -4.40. The van der Waals surface area contributed by atoms with Crippen molar-refractivity contribution in [1.82, 2.24) is 15.7 Å². The average molecular weight is 905 g/mol. The van der Waals surface area contributed by atoms with Gasteiger partial charge in [0.2, 0.25) is 17.3 Å². The second kappa shape index (κ2) is 21.3. The summed E-state index contributed by atoms with van der Waals surface area (Å²) in [7, 11) is -4.40. The van der Waals surface area contributed by atoms with Crippen LogP contribution in [-0.2, 0) is 45.5 Å². The zero-order valence-electron chi connectivity index (χ0n) is 35.1. The number of benzene rings is 2. The van der Waals surface area contributed by atoms with Gasteiger partial charge in [-0.2, -0.15) is 13.0 Å². The second-order valence-corrected chi connectivity index (χ2v) is 19.2. The van der Waals surface area contributed by atoms with Gasteiger partial charge in [0, 0.05) is 62.4 Å². The first-order valence-electron chi connectivity index (χ1n) is 21.2. The van der Waals surface area contributed by atoms with Gasteiger partial charge in [-0.1, -0.05) is 92.3 Å². The predicted octanol–water partition coefficient (Wildman–Crippen LogP) is 6.79. The van der Waals surface area contributed by atoms with E-state index in [1.54, 1.807) is 23.1 Å². The molecule has 1 fully saturated rings. The van der Waals surface area contributed by atoms with E-state index in [4.69, 9.17) is 4.84 Å². The molecule has 3 aliphatic rings. The minimum absolute atomic E-state index is 0.00483. The number of aromatic nitrogens is 1. The number of thioether (sulfide) groups is 1. The smallest absolute Gasteiger partial charge is 0.333 e. The number of allylic oxidation sites excluding steroid dienone is 6. The molecule has 1 atom stereocenters. The number of amides is 4. The SMILES string of the molecule is CCCCN1C(=CC=C2C=C(C=Cc3sc4ccccc4[n+]3CCC)CC(C(=O)NCCCCCC(=O)ON3C(=O)CCC3=O)(C(=O)NCCS(=O)(=O)O)C2)Sc2ccccc21. The number of para-hydroxylation sites is 2. The van der Waals surface area contributed by atoms with Gasteiger partial charge in [-0.15, -0.1) is 5.06 Å². The Morgan fingerprint density at radius 2 is 1.61 bits per heavy atom. The summed E-state index contributed by atoms with van der Waals surface area (Å²) in [6, 6.07) is 16.4. The lowest BCUT2D eigenvalue weighted by molar-refractivity contribution is -0.668. The number of thiazole rings is 1. The molecule has 3 aromatic rings. The van der Waals surface area contributed by atoms with Crippen molar-refractivity contribution in [2.24, 2.45) is 5.41 Å². The molecule has 3 N–H and O–H groups in total. The first-order valence-corrected chi connectivity index (χ1v) is 24.4. The molecule has 1 unspecified atom stereocenters. The third kappa shape index (κ3) is 11.7. The van der Waals surface area contributed by atoms with Crippen molar-refractivity contribution in [2.75, 3.05) is 30.3 Å². The van der Waals surface area contributed by atoms with Crippen LogP contribution in [0.4, 0.5) is 5.69 Å². The summed E-state index contributed by atoms with van der Waals surface area (Å²) < 4.78 is 36.2. The summed E-state index contributed by atoms with van der Waals surface area (Å²) in [5, 5.41) is 8.13. The Hall–Kier alpha value is -5.10. The average Bonchev–Trinajstić information content (AvgIpc) is 3.90. The molecule has 0 radical (unpaired) electrons. The maximum Gasteiger partial charge on any atom is 0.333 e. The highest BCUT2D eigenvalue weighted by Crippen LogP contribution is 2.46. The first-order chi connectivity index (χ1) is 29.8. The molecule has 1 aromatic heterocycles. The van der Waals surface area contributed by atoms with E-state index in [2.05, 4.69) is 58.2 Å². The summed E-state index contributed by atoms with van der Waals surface area (Å²) in [6.45, 7) is 5.68. The second-order valence-electron chi connectivity index (χ2n) is 15.5. The lowest BCUT2D eigenvalue weighted by atomic mass is 9.70. The number of unbranched alkanes of at least 4 members (excludes halogenated alkanes) is 3. The van der Waals surface area contributed by atoms with Gasteiger partial charge in [-0.3, -0.25) is 23.7 Å². The first kappa shape index (κ1) is 46.4. The molecule has 0 bridgehead atoms. The topological polar surface area (TPSA) is 183 Å². The largest absolute Gasteiger partial charge is 0.355 e. The summed E-state index contributed by atoms with van der Waals surface area (Å²) in [6.07, 6.45) is 14.2. The van der Waals surface area contributed by atoms with Crippen LogP contribution in [0.25, 0.3) is 16.3 Å². The van der Waals surface area contributed by atoms with Crippen LogP contribution in [0.2, 0.25) is 0 Å². The number of aryl methyl sites for hydroxylation is 1. The number of anilines is 1. The van der Waals surface area contributed by atoms with E-state index in [0.717, 1.165) is 74.3 Å². The normalized spacial score (nSPS) is 19.2. The van der Waals surface area contributed by atoms with Crippen molar-refractivity contribution < 1.29 is 46.3 Å². The maximum absolute atomic E-state index is 14.5. The standard InChI is InChI=1S/C45H53N5O9S3/c1-3-5-27-49-35-14-9-11-16-37(35)61-41(49)23-19-33-29-32(18-22-40-48(26-4-2)34-13-8-10-15-36(34)60-40)30-45(31-33,44(55)47-25-28-62(56,57)58)43(54)46-24-12-6-7-17-42(53)59-50-38(51)20-21-39(50)52/h8-11,13-16,18-19,22-23,29H,3-7,12,17,20-21,24-28,30-31H2,1-2H3,(H2-,46,47,54,55,56,57,58)/p+1. The monoisotopic (exact) mass is 904 g/mol. The number of hydroxylamine groups is 2. The van der Waals surface area contributed by atoms with Crippen molar-refractivity contribution in [1.29, 1.82) is 0 Å². The van der Waals surface area contributed by atoms with E-state index in [0.29, 0.717) is 24.3 Å². The van der Waals surface area contributed by atoms with Crippen molar-refractivity contribution in [3.05, 3.63) is 94.0 Å². The molecule has 3 heterocycles. The van der Waals surface area contributed by atoms with Crippen LogP contribution < -0.4 is 20.1 Å². The lowest BCUT2D eigenvalue weighted by Crippen LogP contribution is -2.53. The summed E-state index contributed by atoms with van der Waals surface area (Å²) in [5.74, 6) is -3.73. The Balaban J connectivity index is 1.28. The van der Waals surface area contributed by atoms with Crippen LogP contribution in [0.5, 0.6) is 0 Å². The number of imide groups is 1. The molecule has 14 nitrogen and oxygen atoms in total. The third-order valence-electron chi connectivity index (χ3n) is 10.8.